The van der Waals surface area contributed by atoms with Crippen molar-refractivity contribution in [2.75, 3.05) is 5.32 Å². The first-order valence-electron chi connectivity index (χ1n) is 5.13. The van der Waals surface area contributed by atoms with Crippen molar-refractivity contribution in [1.82, 2.24) is 9.59 Å². The first kappa shape index (κ1) is 15.4. The Labute approximate surface area is 131 Å². The van der Waals surface area contributed by atoms with Crippen LogP contribution in [-0.4, -0.2) is 23.9 Å². The molecular weight excluding hydrogens is 390 g/mol. The average molecular weight is 397 g/mol. The Balaban J connectivity index is 2.27. The summed E-state index contributed by atoms with van der Waals surface area (Å²) < 4.78 is 26.5. The van der Waals surface area contributed by atoms with Gasteiger partial charge in [0.25, 0.3) is 15.0 Å². The quantitative estimate of drug-likeness (QED) is 0.806. The highest BCUT2D eigenvalue weighted by Gasteiger charge is 2.16. The molecule has 1 aromatic heterocycles. The van der Waals surface area contributed by atoms with Crippen molar-refractivity contribution in [3.05, 3.63) is 33.2 Å². The second-order valence-corrected chi connectivity index (χ2v) is 7.90. The topological polar surface area (TPSA) is 89.0 Å². The number of halogens is 2. The van der Waals surface area contributed by atoms with Crippen LogP contribution in [0.5, 0.6) is 0 Å². The summed E-state index contributed by atoms with van der Waals surface area (Å²) in [6.07, 6.45) is 0. The maximum Gasteiger partial charge on any atom is 0.269 e. The summed E-state index contributed by atoms with van der Waals surface area (Å²) in [6, 6.07) is 4.07. The molecule has 0 bridgehead atoms. The lowest BCUT2D eigenvalue weighted by Crippen LogP contribution is -2.12. The Morgan fingerprint density at radius 2 is 2.15 bits per heavy atom. The van der Waals surface area contributed by atoms with E-state index in [1.54, 1.807) is 6.92 Å². The predicted octanol–water partition coefficient (Wildman–Crippen LogP) is 2.79. The lowest BCUT2D eigenvalue weighted by Gasteiger charge is -2.07. The predicted molar refractivity (Wildman–Crippen MR) is 79.8 cm³/mol. The minimum atomic E-state index is -3.81. The van der Waals surface area contributed by atoms with Crippen molar-refractivity contribution in [3.63, 3.8) is 0 Å². The number of anilines is 1. The number of rotatable bonds is 3. The second kappa shape index (κ2) is 5.76. The molecule has 0 atom stereocenters. The van der Waals surface area contributed by atoms with Crippen molar-refractivity contribution in [3.8, 4) is 0 Å². The number of aryl methyl sites for hydroxylation is 1. The molecule has 0 spiro atoms. The van der Waals surface area contributed by atoms with Gasteiger partial charge < -0.3 is 5.32 Å². The Bertz CT molecular complexity index is 776. The van der Waals surface area contributed by atoms with E-state index in [2.05, 4.69) is 30.8 Å². The number of hydrogen-bond acceptors (Lipinski definition) is 6. The minimum Gasteiger partial charge on any atom is -0.320 e. The third kappa shape index (κ3) is 3.35. The highest BCUT2D eigenvalue weighted by atomic mass is 79.9. The molecule has 0 unspecified atom stereocenters. The molecule has 0 aliphatic heterocycles. The summed E-state index contributed by atoms with van der Waals surface area (Å²) in [5, 5.41) is 6.39. The fourth-order valence-electron chi connectivity index (χ4n) is 1.37. The van der Waals surface area contributed by atoms with Gasteiger partial charge in [-0.05, 0) is 52.6 Å². The van der Waals surface area contributed by atoms with E-state index in [-0.39, 0.29) is 10.8 Å². The number of carbonyl (C=O) groups is 1. The summed E-state index contributed by atoms with van der Waals surface area (Å²) in [5.41, 5.74) is 0.954. The zero-order valence-electron chi connectivity index (χ0n) is 9.92. The molecule has 106 valence electrons. The van der Waals surface area contributed by atoms with Gasteiger partial charge in [0.1, 0.15) is 4.88 Å². The van der Waals surface area contributed by atoms with Crippen LogP contribution in [-0.2, 0) is 9.05 Å². The van der Waals surface area contributed by atoms with E-state index in [0.29, 0.717) is 20.7 Å². The number of nitrogens with zero attached hydrogens (tertiary/aromatic N) is 2. The van der Waals surface area contributed by atoms with Crippen LogP contribution in [0.15, 0.2) is 27.6 Å². The average Bonchev–Trinajstić information content (AvgIpc) is 2.76. The van der Waals surface area contributed by atoms with Crippen molar-refractivity contribution < 1.29 is 13.2 Å². The first-order valence-corrected chi connectivity index (χ1v) is 9.01. The van der Waals surface area contributed by atoms with E-state index < -0.39 is 9.05 Å². The molecule has 10 heteroatoms. The molecule has 0 saturated heterocycles. The SMILES string of the molecule is Cc1nnsc1C(=O)Nc1ccc(S(=O)(=O)Cl)cc1Br. The molecule has 1 heterocycles. The van der Waals surface area contributed by atoms with Crippen molar-refractivity contribution >= 4 is 58.8 Å². The van der Waals surface area contributed by atoms with Crippen molar-refractivity contribution in [2.24, 2.45) is 0 Å². The van der Waals surface area contributed by atoms with Crippen molar-refractivity contribution in [1.29, 1.82) is 0 Å². The van der Waals surface area contributed by atoms with Gasteiger partial charge in [0.2, 0.25) is 0 Å². The maximum absolute atomic E-state index is 12.0. The van der Waals surface area contributed by atoms with Crippen LogP contribution in [0.1, 0.15) is 15.4 Å². The fraction of sp³-hybridized carbons (Fsp3) is 0.100. The molecule has 6 nitrogen and oxygen atoms in total. The molecule has 0 radical (unpaired) electrons. The van der Waals surface area contributed by atoms with E-state index in [1.807, 2.05) is 0 Å². The van der Waals surface area contributed by atoms with Crippen LogP contribution in [0.2, 0.25) is 0 Å². The summed E-state index contributed by atoms with van der Waals surface area (Å²) in [5.74, 6) is -0.361. The van der Waals surface area contributed by atoms with E-state index >= 15 is 0 Å². The zero-order chi connectivity index (χ0) is 14.9. The van der Waals surface area contributed by atoms with Gasteiger partial charge in [-0.3, -0.25) is 4.79 Å². The molecule has 1 aromatic carbocycles. The lowest BCUT2D eigenvalue weighted by atomic mass is 10.3. The van der Waals surface area contributed by atoms with Crippen LogP contribution in [0.3, 0.4) is 0 Å². The Morgan fingerprint density at radius 3 is 2.65 bits per heavy atom. The molecule has 1 N–H and O–H groups in total. The molecule has 2 rings (SSSR count). The van der Waals surface area contributed by atoms with E-state index in [9.17, 15) is 13.2 Å². The number of hydrogen-bond donors (Lipinski definition) is 1. The lowest BCUT2D eigenvalue weighted by molar-refractivity contribution is 0.102. The Kier molecular flexibility index (Phi) is 4.43. The molecule has 0 fully saturated rings. The van der Waals surface area contributed by atoms with Gasteiger partial charge in [-0.2, -0.15) is 0 Å². The second-order valence-electron chi connectivity index (χ2n) is 3.72. The Hall–Kier alpha value is -1.03. The highest BCUT2D eigenvalue weighted by Crippen LogP contribution is 2.28. The van der Waals surface area contributed by atoms with E-state index in [1.165, 1.54) is 18.2 Å². The number of amides is 1. The normalized spacial score (nSPS) is 11.3. The molecule has 1 amide bonds. The molecule has 0 aliphatic rings. The summed E-state index contributed by atoms with van der Waals surface area (Å²) >= 11 is 4.17. The van der Waals surface area contributed by atoms with Gasteiger partial charge in [0, 0.05) is 15.2 Å². The monoisotopic (exact) mass is 395 g/mol. The van der Waals surface area contributed by atoms with Gasteiger partial charge in [0.15, 0.2) is 0 Å². The van der Waals surface area contributed by atoms with Crippen LogP contribution in [0.4, 0.5) is 5.69 Å². The number of benzene rings is 1. The summed E-state index contributed by atoms with van der Waals surface area (Å²) in [6.45, 7) is 1.68. The number of carbonyl (C=O) groups excluding carboxylic acids is 1. The fourth-order valence-corrected chi connectivity index (χ4v) is 3.33. The van der Waals surface area contributed by atoms with Gasteiger partial charge in [0.05, 0.1) is 16.3 Å². The van der Waals surface area contributed by atoms with Crippen LogP contribution < -0.4 is 5.32 Å². The van der Waals surface area contributed by atoms with Crippen molar-refractivity contribution in [2.45, 2.75) is 11.8 Å². The summed E-state index contributed by atoms with van der Waals surface area (Å²) in [7, 11) is 1.43. The van der Waals surface area contributed by atoms with E-state index in [0.717, 1.165) is 11.5 Å². The third-order valence-corrected chi connectivity index (χ3v) is 5.16. The van der Waals surface area contributed by atoms with Gasteiger partial charge in [-0.15, -0.1) is 5.10 Å². The summed E-state index contributed by atoms with van der Waals surface area (Å²) in [4.78, 5) is 12.3. The minimum absolute atomic E-state index is 0.0559. The maximum atomic E-state index is 12.0. The molecule has 20 heavy (non-hydrogen) atoms. The highest BCUT2D eigenvalue weighted by molar-refractivity contribution is 9.10. The van der Waals surface area contributed by atoms with Crippen LogP contribution >= 0.6 is 38.1 Å². The largest absolute Gasteiger partial charge is 0.320 e. The molecule has 0 saturated carbocycles. The third-order valence-electron chi connectivity index (χ3n) is 2.33. The molecule has 2 aromatic rings. The van der Waals surface area contributed by atoms with Gasteiger partial charge in [-0.1, -0.05) is 4.49 Å². The van der Waals surface area contributed by atoms with Gasteiger partial charge >= 0.3 is 0 Å². The van der Waals surface area contributed by atoms with Crippen LogP contribution in [0, 0.1) is 6.92 Å². The van der Waals surface area contributed by atoms with Gasteiger partial charge in [-0.25, -0.2) is 8.42 Å². The Morgan fingerprint density at radius 1 is 1.45 bits per heavy atom. The zero-order valence-corrected chi connectivity index (χ0v) is 13.9. The number of aromatic nitrogens is 2. The van der Waals surface area contributed by atoms with E-state index in [4.69, 9.17) is 10.7 Å². The smallest absolute Gasteiger partial charge is 0.269 e. The van der Waals surface area contributed by atoms with Crippen LogP contribution in [0.25, 0.3) is 0 Å². The number of nitrogens with one attached hydrogen (secondary N) is 1. The molecule has 0 aliphatic carbocycles. The molecular formula is C10H7BrClN3O3S2. The first-order chi connectivity index (χ1) is 9.29. The standard InChI is InChI=1S/C10H7BrClN3O3S2/c1-5-9(19-15-14-5)10(16)13-8-3-2-6(4-7(8)11)20(12,17)18/h2-4H,1H3,(H,13,16).